The van der Waals surface area contributed by atoms with Gasteiger partial charge in [-0.3, -0.25) is 14.2 Å². The molecule has 0 fully saturated rings. The van der Waals surface area contributed by atoms with Gasteiger partial charge in [0.15, 0.2) is 11.5 Å². The number of nitrogen functional groups attached to an aromatic ring is 1. The molecule has 4 N–H and O–H groups in total. The highest BCUT2D eigenvalue weighted by atomic mass is 19.1. The van der Waals surface area contributed by atoms with Crippen LogP contribution in [0.5, 0.6) is 0 Å². The first-order valence-corrected chi connectivity index (χ1v) is 11.4. The van der Waals surface area contributed by atoms with E-state index in [2.05, 4.69) is 20.6 Å². The summed E-state index contributed by atoms with van der Waals surface area (Å²) in [4.78, 5) is 37.5. The van der Waals surface area contributed by atoms with Crippen LogP contribution in [-0.2, 0) is 11.3 Å². The first kappa shape index (κ1) is 23.6. The van der Waals surface area contributed by atoms with Gasteiger partial charge in [-0.1, -0.05) is 18.2 Å². The van der Waals surface area contributed by atoms with E-state index in [9.17, 15) is 14.0 Å². The van der Waals surface area contributed by atoms with Gasteiger partial charge in [0, 0.05) is 30.9 Å². The summed E-state index contributed by atoms with van der Waals surface area (Å²) >= 11 is 0. The summed E-state index contributed by atoms with van der Waals surface area (Å²) in [6, 6.07) is 18.3. The van der Waals surface area contributed by atoms with E-state index in [0.717, 1.165) is 11.3 Å². The van der Waals surface area contributed by atoms with Crippen molar-refractivity contribution in [3.05, 3.63) is 96.1 Å². The number of rotatable bonds is 6. The topological polar surface area (TPSA) is 128 Å². The molecule has 0 saturated carbocycles. The van der Waals surface area contributed by atoms with Crippen molar-refractivity contribution < 1.29 is 14.0 Å². The molecule has 2 aromatic carbocycles. The van der Waals surface area contributed by atoms with Crippen LogP contribution in [0.4, 0.5) is 15.9 Å². The Balaban J connectivity index is 1.54. The maximum atomic E-state index is 13.5. The van der Waals surface area contributed by atoms with Crippen molar-refractivity contribution in [2.24, 2.45) is 0 Å². The molecule has 0 radical (unpaired) electrons. The van der Waals surface area contributed by atoms with Crippen molar-refractivity contribution in [3.63, 3.8) is 0 Å². The summed E-state index contributed by atoms with van der Waals surface area (Å²) in [5, 5.41) is 5.54. The first-order chi connectivity index (χ1) is 17.9. The minimum atomic E-state index is -0.474. The molecule has 37 heavy (non-hydrogen) atoms. The van der Waals surface area contributed by atoms with Crippen molar-refractivity contribution in [1.29, 1.82) is 0 Å². The molecule has 0 aliphatic carbocycles. The molecule has 184 valence electrons. The number of imidazole rings is 1. The van der Waals surface area contributed by atoms with Gasteiger partial charge in [0.2, 0.25) is 5.91 Å². The number of nitrogens with one attached hydrogen (secondary N) is 2. The van der Waals surface area contributed by atoms with E-state index < -0.39 is 5.82 Å². The van der Waals surface area contributed by atoms with Crippen LogP contribution < -0.4 is 16.4 Å². The van der Waals surface area contributed by atoms with Gasteiger partial charge in [0.05, 0.1) is 17.4 Å². The summed E-state index contributed by atoms with van der Waals surface area (Å²) in [5.74, 6) is -0.244. The van der Waals surface area contributed by atoms with Crippen molar-refractivity contribution in [2.75, 3.05) is 11.1 Å². The number of anilines is 2. The fraction of sp³-hybridized carbons (Fsp3) is 0.0741. The lowest BCUT2D eigenvalue weighted by atomic mass is 10.1. The van der Waals surface area contributed by atoms with Crippen LogP contribution >= 0.6 is 0 Å². The fourth-order valence-electron chi connectivity index (χ4n) is 3.99. The predicted octanol–water partition coefficient (Wildman–Crippen LogP) is 4.09. The Hall–Kier alpha value is -5.12. The second kappa shape index (κ2) is 9.86. The first-order valence-electron chi connectivity index (χ1n) is 11.4. The molecule has 0 spiro atoms. The molecule has 0 bridgehead atoms. The van der Waals surface area contributed by atoms with E-state index in [1.807, 2.05) is 34.9 Å². The van der Waals surface area contributed by atoms with Crippen LogP contribution in [0, 0.1) is 5.82 Å². The van der Waals surface area contributed by atoms with E-state index >= 15 is 0 Å². The highest BCUT2D eigenvalue weighted by molar-refractivity contribution is 5.94. The van der Waals surface area contributed by atoms with Crippen molar-refractivity contribution >= 4 is 34.5 Å². The molecule has 3 aromatic heterocycles. The lowest BCUT2D eigenvalue weighted by molar-refractivity contribution is -0.114. The van der Waals surface area contributed by atoms with E-state index in [-0.39, 0.29) is 23.9 Å². The third-order valence-corrected chi connectivity index (χ3v) is 5.61. The van der Waals surface area contributed by atoms with Gasteiger partial charge < -0.3 is 16.4 Å². The summed E-state index contributed by atoms with van der Waals surface area (Å²) in [6.07, 6.45) is 3.15. The third-order valence-electron chi connectivity index (χ3n) is 5.61. The number of nitrogens with two attached hydrogens (primary N) is 1. The average Bonchev–Trinajstić information content (AvgIpc) is 3.26. The summed E-state index contributed by atoms with van der Waals surface area (Å²) in [7, 11) is 0. The second-order valence-corrected chi connectivity index (χ2v) is 8.32. The Morgan fingerprint density at radius 3 is 2.65 bits per heavy atom. The van der Waals surface area contributed by atoms with Gasteiger partial charge in [-0.15, -0.1) is 0 Å². The third kappa shape index (κ3) is 4.98. The summed E-state index contributed by atoms with van der Waals surface area (Å²) in [6.45, 7) is 1.64. The number of fused-ring (bicyclic) bond motifs is 1. The number of carbonyl (C=O) groups is 2. The number of carbonyl (C=O) groups excluding carboxylic acids is 2. The molecular formula is C27H22FN7O2. The van der Waals surface area contributed by atoms with Gasteiger partial charge in [-0.25, -0.2) is 19.3 Å². The van der Waals surface area contributed by atoms with E-state index in [4.69, 9.17) is 10.7 Å². The highest BCUT2D eigenvalue weighted by Crippen LogP contribution is 2.31. The normalized spacial score (nSPS) is 10.9. The zero-order chi connectivity index (χ0) is 25.9. The monoisotopic (exact) mass is 495 g/mol. The maximum Gasteiger partial charge on any atom is 0.251 e. The van der Waals surface area contributed by atoms with E-state index in [1.165, 1.54) is 25.1 Å². The summed E-state index contributed by atoms with van der Waals surface area (Å²) in [5.41, 5.74) is 10.2. The molecule has 0 atom stereocenters. The number of aromatic nitrogens is 4. The van der Waals surface area contributed by atoms with Crippen LogP contribution in [0.2, 0.25) is 0 Å². The van der Waals surface area contributed by atoms with Gasteiger partial charge >= 0.3 is 0 Å². The number of hydrogen-bond donors (Lipinski definition) is 3. The number of nitrogens with zero attached hydrogens (tertiary/aromatic N) is 4. The Morgan fingerprint density at radius 1 is 1.03 bits per heavy atom. The largest absolute Gasteiger partial charge is 0.383 e. The Kier molecular flexibility index (Phi) is 6.29. The molecular weight excluding hydrogens is 473 g/mol. The van der Waals surface area contributed by atoms with E-state index in [1.54, 1.807) is 30.6 Å². The molecule has 10 heteroatoms. The smallest absolute Gasteiger partial charge is 0.251 e. The van der Waals surface area contributed by atoms with Crippen molar-refractivity contribution in [3.8, 4) is 17.1 Å². The van der Waals surface area contributed by atoms with Gasteiger partial charge in [-0.2, -0.15) is 0 Å². The zero-order valence-electron chi connectivity index (χ0n) is 19.8. The van der Waals surface area contributed by atoms with Gasteiger partial charge in [0.25, 0.3) is 5.91 Å². The van der Waals surface area contributed by atoms with Crippen LogP contribution in [0.1, 0.15) is 22.8 Å². The Morgan fingerprint density at radius 2 is 1.86 bits per heavy atom. The SMILES string of the molecule is CC(=O)Nc1cnc2c(c1)nc(-c1cccnc1N)n2-c1cccc(CNC(=O)c2cccc(F)c2)c1. The lowest BCUT2D eigenvalue weighted by Crippen LogP contribution is -2.22. The lowest BCUT2D eigenvalue weighted by Gasteiger charge is -2.12. The molecule has 5 rings (SSSR count). The fourth-order valence-corrected chi connectivity index (χ4v) is 3.99. The predicted molar refractivity (Wildman–Crippen MR) is 138 cm³/mol. The maximum absolute atomic E-state index is 13.5. The van der Waals surface area contributed by atoms with Crippen molar-refractivity contribution in [2.45, 2.75) is 13.5 Å². The minimum absolute atomic E-state index is 0.217. The second-order valence-electron chi connectivity index (χ2n) is 8.32. The molecule has 2 amide bonds. The van der Waals surface area contributed by atoms with Crippen LogP contribution in [-0.4, -0.2) is 31.3 Å². The van der Waals surface area contributed by atoms with Crippen LogP contribution in [0.3, 0.4) is 0 Å². The molecule has 5 aromatic rings. The quantitative estimate of drug-likeness (QED) is 0.326. The van der Waals surface area contributed by atoms with Crippen LogP contribution in [0.15, 0.2) is 79.1 Å². The molecule has 3 heterocycles. The number of hydrogen-bond acceptors (Lipinski definition) is 6. The molecule has 0 saturated heterocycles. The standard InChI is InChI=1S/C27H22FN7O2/c1-16(36)33-20-13-23-26(31-15-20)35(25(34-23)22-9-4-10-30-24(22)29)21-8-2-5-17(11-21)14-32-27(37)18-6-3-7-19(28)12-18/h2-13,15H,14H2,1H3,(H2,29,30)(H,32,37)(H,33,36). The van der Waals surface area contributed by atoms with Gasteiger partial charge in [0.1, 0.15) is 17.2 Å². The zero-order valence-corrected chi connectivity index (χ0v) is 19.8. The molecule has 0 aliphatic heterocycles. The van der Waals surface area contributed by atoms with Gasteiger partial charge in [-0.05, 0) is 54.1 Å². The van der Waals surface area contributed by atoms with E-state index in [0.29, 0.717) is 34.1 Å². The number of halogens is 1. The number of benzene rings is 2. The number of pyridine rings is 2. The minimum Gasteiger partial charge on any atom is -0.383 e. The number of amides is 2. The highest BCUT2D eigenvalue weighted by Gasteiger charge is 2.19. The molecule has 9 nitrogen and oxygen atoms in total. The van der Waals surface area contributed by atoms with Crippen LogP contribution in [0.25, 0.3) is 28.2 Å². The summed E-state index contributed by atoms with van der Waals surface area (Å²) < 4.78 is 15.3. The van der Waals surface area contributed by atoms with Crippen molar-refractivity contribution in [1.82, 2.24) is 24.8 Å². The molecule has 0 unspecified atom stereocenters. The average molecular weight is 496 g/mol. The molecule has 0 aliphatic rings. The Bertz CT molecular complexity index is 1650. The Labute approximate surface area is 211 Å².